The molecule has 8 rings (SSSR count). The van der Waals surface area contributed by atoms with Crippen molar-refractivity contribution < 1.29 is 9.47 Å². The molecule has 0 saturated heterocycles. The highest BCUT2D eigenvalue weighted by atomic mass is 16.5. The first-order valence-corrected chi connectivity index (χ1v) is 14.1. The van der Waals surface area contributed by atoms with E-state index >= 15 is 0 Å². The number of hydrogen-bond donors (Lipinski definition) is 0. The molecular weight excluding hydrogens is 518 g/mol. The average Bonchev–Trinajstić information content (AvgIpc) is 3.37. The number of benzene rings is 4. The number of fused-ring (bicyclic) bond motifs is 6. The summed E-state index contributed by atoms with van der Waals surface area (Å²) in [6, 6.07) is 38.9. The Bertz CT molecular complexity index is 2130. The SMILES string of the molecule is CC1(C)c2ccccc2Oc2c1ccc1c3cccnc3n(-c3cccc(Oc4cccc(-c5ccccn5)c4)c3)c21. The molecule has 0 bridgehead atoms. The first kappa shape index (κ1) is 24.4. The normalized spacial score (nSPS) is 13.4. The zero-order valence-electron chi connectivity index (χ0n) is 23.3. The van der Waals surface area contributed by atoms with Gasteiger partial charge in [0.15, 0.2) is 5.75 Å². The highest BCUT2D eigenvalue weighted by Crippen LogP contribution is 2.51. The summed E-state index contributed by atoms with van der Waals surface area (Å²) < 4.78 is 15.3. The lowest BCUT2D eigenvalue weighted by Crippen LogP contribution is -2.24. The predicted octanol–water partition coefficient (Wildman–Crippen LogP) is 9.46. The molecule has 0 unspecified atom stereocenters. The third kappa shape index (κ3) is 3.78. The van der Waals surface area contributed by atoms with E-state index in [0.29, 0.717) is 0 Å². The summed E-state index contributed by atoms with van der Waals surface area (Å²) in [4.78, 5) is 9.33. The number of hydrogen-bond acceptors (Lipinski definition) is 4. The fourth-order valence-corrected chi connectivity index (χ4v) is 6.15. The maximum Gasteiger partial charge on any atom is 0.156 e. The maximum absolute atomic E-state index is 6.71. The minimum Gasteiger partial charge on any atom is -0.457 e. The van der Waals surface area contributed by atoms with Crippen LogP contribution in [-0.2, 0) is 5.41 Å². The Labute approximate surface area is 243 Å². The fourth-order valence-electron chi connectivity index (χ4n) is 6.15. The molecule has 0 spiro atoms. The van der Waals surface area contributed by atoms with Crippen LogP contribution in [0.3, 0.4) is 0 Å². The molecule has 0 atom stereocenters. The summed E-state index contributed by atoms with van der Waals surface area (Å²) in [5.41, 5.74) is 6.83. The second kappa shape index (κ2) is 9.32. The molecule has 0 fully saturated rings. The van der Waals surface area contributed by atoms with Crippen molar-refractivity contribution in [3.8, 4) is 39.9 Å². The first-order chi connectivity index (χ1) is 20.6. The van der Waals surface area contributed by atoms with Crippen LogP contribution in [0.4, 0.5) is 0 Å². The van der Waals surface area contributed by atoms with Gasteiger partial charge in [0.25, 0.3) is 0 Å². The molecule has 5 heteroatoms. The van der Waals surface area contributed by atoms with Crippen LogP contribution in [0, 0.1) is 0 Å². The molecule has 5 nitrogen and oxygen atoms in total. The highest BCUT2D eigenvalue weighted by molar-refractivity contribution is 6.10. The molecule has 4 aromatic carbocycles. The molecular formula is C37H27N3O2. The van der Waals surface area contributed by atoms with Gasteiger partial charge >= 0.3 is 0 Å². The molecule has 202 valence electrons. The van der Waals surface area contributed by atoms with Gasteiger partial charge in [0.05, 0.1) is 16.9 Å². The Hall–Kier alpha value is -5.42. The summed E-state index contributed by atoms with van der Waals surface area (Å²) in [6.45, 7) is 4.52. The minimum atomic E-state index is -0.226. The van der Waals surface area contributed by atoms with Crippen molar-refractivity contribution >= 4 is 21.9 Å². The zero-order valence-corrected chi connectivity index (χ0v) is 23.3. The number of pyridine rings is 2. The van der Waals surface area contributed by atoms with Crippen molar-refractivity contribution in [3.63, 3.8) is 0 Å². The lowest BCUT2D eigenvalue weighted by molar-refractivity contribution is 0.421. The second-order valence-electron chi connectivity index (χ2n) is 11.1. The van der Waals surface area contributed by atoms with Gasteiger partial charge < -0.3 is 9.47 Å². The number of nitrogens with zero attached hydrogens (tertiary/aromatic N) is 3. The summed E-state index contributed by atoms with van der Waals surface area (Å²) in [5, 5.41) is 2.17. The van der Waals surface area contributed by atoms with E-state index in [1.807, 2.05) is 72.9 Å². The van der Waals surface area contributed by atoms with E-state index in [1.54, 1.807) is 6.20 Å². The van der Waals surface area contributed by atoms with Crippen LogP contribution in [0.1, 0.15) is 25.0 Å². The molecule has 3 aromatic heterocycles. The van der Waals surface area contributed by atoms with Crippen molar-refractivity contribution in [1.82, 2.24) is 14.5 Å². The smallest absolute Gasteiger partial charge is 0.156 e. The van der Waals surface area contributed by atoms with Crippen molar-refractivity contribution in [2.24, 2.45) is 0 Å². The van der Waals surface area contributed by atoms with Gasteiger partial charge in [-0.1, -0.05) is 68.4 Å². The molecule has 1 aliphatic rings. The molecule has 0 radical (unpaired) electrons. The Morgan fingerprint density at radius 3 is 2.36 bits per heavy atom. The molecule has 1 aliphatic heterocycles. The summed E-state index contributed by atoms with van der Waals surface area (Å²) in [5.74, 6) is 3.23. The van der Waals surface area contributed by atoms with Crippen molar-refractivity contribution in [3.05, 3.63) is 139 Å². The topological polar surface area (TPSA) is 49.2 Å². The molecule has 0 amide bonds. The predicted molar refractivity (Wildman–Crippen MR) is 167 cm³/mol. The van der Waals surface area contributed by atoms with Gasteiger partial charge in [-0.05, 0) is 54.6 Å². The van der Waals surface area contributed by atoms with Crippen LogP contribution >= 0.6 is 0 Å². The monoisotopic (exact) mass is 545 g/mol. The summed E-state index contributed by atoms with van der Waals surface area (Å²) in [7, 11) is 0. The quantitative estimate of drug-likeness (QED) is 0.221. The van der Waals surface area contributed by atoms with Gasteiger partial charge in [-0.3, -0.25) is 9.55 Å². The van der Waals surface area contributed by atoms with Crippen molar-refractivity contribution in [2.45, 2.75) is 19.3 Å². The minimum absolute atomic E-state index is 0.226. The summed E-state index contributed by atoms with van der Waals surface area (Å²) >= 11 is 0. The third-order valence-electron chi connectivity index (χ3n) is 8.20. The van der Waals surface area contributed by atoms with E-state index in [9.17, 15) is 0 Å². The zero-order chi connectivity index (χ0) is 28.3. The van der Waals surface area contributed by atoms with Crippen LogP contribution < -0.4 is 9.47 Å². The van der Waals surface area contributed by atoms with Gasteiger partial charge in [-0.25, -0.2) is 4.98 Å². The van der Waals surface area contributed by atoms with E-state index in [1.165, 1.54) is 5.56 Å². The fraction of sp³-hybridized carbons (Fsp3) is 0.0811. The first-order valence-electron chi connectivity index (χ1n) is 14.1. The maximum atomic E-state index is 6.71. The molecule has 4 heterocycles. The lowest BCUT2D eigenvalue weighted by Gasteiger charge is -2.35. The molecule has 0 N–H and O–H groups in total. The van der Waals surface area contributed by atoms with E-state index in [0.717, 1.165) is 67.4 Å². The summed E-state index contributed by atoms with van der Waals surface area (Å²) in [6.07, 6.45) is 3.64. The Kier molecular flexibility index (Phi) is 5.41. The van der Waals surface area contributed by atoms with Gasteiger partial charge in [0.1, 0.15) is 22.9 Å². The molecule has 0 saturated carbocycles. The average molecular weight is 546 g/mol. The van der Waals surface area contributed by atoms with E-state index in [-0.39, 0.29) is 5.41 Å². The van der Waals surface area contributed by atoms with Gasteiger partial charge in [-0.15, -0.1) is 0 Å². The lowest BCUT2D eigenvalue weighted by atomic mass is 9.75. The van der Waals surface area contributed by atoms with Crippen molar-refractivity contribution in [1.29, 1.82) is 0 Å². The van der Waals surface area contributed by atoms with Crippen LogP contribution in [-0.4, -0.2) is 14.5 Å². The number of para-hydroxylation sites is 1. The van der Waals surface area contributed by atoms with Crippen LogP contribution in [0.5, 0.6) is 23.0 Å². The van der Waals surface area contributed by atoms with Crippen LogP contribution in [0.25, 0.3) is 38.9 Å². The van der Waals surface area contributed by atoms with Gasteiger partial charge in [0, 0.05) is 51.3 Å². The van der Waals surface area contributed by atoms with Gasteiger partial charge in [0.2, 0.25) is 0 Å². The van der Waals surface area contributed by atoms with Crippen LogP contribution in [0.2, 0.25) is 0 Å². The van der Waals surface area contributed by atoms with Crippen LogP contribution in [0.15, 0.2) is 128 Å². The van der Waals surface area contributed by atoms with Gasteiger partial charge in [-0.2, -0.15) is 0 Å². The third-order valence-corrected chi connectivity index (χ3v) is 8.20. The standard InChI is InChI=1S/C37H27N3O2/c1-37(2)30-15-3-4-17-33(30)42-35-31(37)19-18-28-29-14-9-21-39-36(29)40(34(28)35)25-11-8-13-27(23-25)41-26-12-7-10-24(22-26)32-16-5-6-20-38-32/h3-23H,1-2H3. The molecule has 7 aromatic rings. The van der Waals surface area contributed by atoms with E-state index < -0.39 is 0 Å². The van der Waals surface area contributed by atoms with E-state index in [2.05, 4.69) is 71.9 Å². The number of aromatic nitrogens is 3. The van der Waals surface area contributed by atoms with E-state index in [4.69, 9.17) is 14.5 Å². The number of rotatable bonds is 4. The molecule has 0 aliphatic carbocycles. The van der Waals surface area contributed by atoms with Crippen molar-refractivity contribution in [2.75, 3.05) is 0 Å². The number of ether oxygens (including phenoxy) is 2. The Balaban J connectivity index is 1.29. The largest absolute Gasteiger partial charge is 0.457 e. The second-order valence-corrected chi connectivity index (χ2v) is 11.1. The Morgan fingerprint density at radius 2 is 1.48 bits per heavy atom. The Morgan fingerprint density at radius 1 is 0.667 bits per heavy atom. The highest BCUT2D eigenvalue weighted by Gasteiger charge is 2.36. The molecule has 42 heavy (non-hydrogen) atoms.